The number of carbonyl (C=O) groups excluding carboxylic acids is 2. The average Bonchev–Trinajstić information content (AvgIpc) is 2.70. The molecule has 0 spiro atoms. The van der Waals surface area contributed by atoms with Crippen molar-refractivity contribution < 1.29 is 9.59 Å². The molecule has 0 atom stereocenters. The second kappa shape index (κ2) is 8.65. The Balaban J connectivity index is 1.51. The number of nitrogens with one attached hydrogen (secondary N) is 2. The number of nitrogens with zero attached hydrogens (tertiary/aromatic N) is 1. The van der Waals surface area contributed by atoms with E-state index in [2.05, 4.69) is 10.6 Å². The number of likely N-dealkylation sites (tertiary alicyclic amines) is 1. The van der Waals surface area contributed by atoms with Crippen LogP contribution in [0.3, 0.4) is 0 Å². The van der Waals surface area contributed by atoms with Gasteiger partial charge in [0.25, 0.3) is 0 Å². The third kappa shape index (κ3) is 4.84. The third-order valence-corrected chi connectivity index (χ3v) is 5.83. The Hall–Kier alpha value is -2.53. The molecule has 2 aromatic carbocycles. The molecule has 6 heteroatoms. The lowest BCUT2D eigenvalue weighted by Gasteiger charge is -2.38. The molecule has 1 heterocycles. The summed E-state index contributed by atoms with van der Waals surface area (Å²) in [6, 6.07) is 15.2. The fourth-order valence-corrected chi connectivity index (χ4v) is 3.48. The molecule has 1 fully saturated rings. The van der Waals surface area contributed by atoms with Crippen molar-refractivity contribution in [1.82, 2.24) is 10.2 Å². The van der Waals surface area contributed by atoms with E-state index in [1.165, 1.54) is 0 Å². The highest BCUT2D eigenvalue weighted by Gasteiger charge is 2.37. The van der Waals surface area contributed by atoms with E-state index in [0.29, 0.717) is 43.2 Å². The molecule has 0 saturated carbocycles. The Morgan fingerprint density at radius 1 is 1.11 bits per heavy atom. The van der Waals surface area contributed by atoms with E-state index in [-0.39, 0.29) is 11.9 Å². The summed E-state index contributed by atoms with van der Waals surface area (Å²) in [5, 5.41) is 6.54. The highest BCUT2D eigenvalue weighted by Crippen LogP contribution is 2.31. The zero-order valence-electron chi connectivity index (χ0n) is 16.3. The van der Waals surface area contributed by atoms with Crippen LogP contribution in [0.2, 0.25) is 5.02 Å². The lowest BCUT2D eigenvalue weighted by Crippen LogP contribution is -2.49. The van der Waals surface area contributed by atoms with Gasteiger partial charge < -0.3 is 15.5 Å². The Kier molecular flexibility index (Phi) is 6.25. The monoisotopic (exact) mass is 399 g/mol. The molecule has 3 rings (SSSR count). The number of amides is 3. The van der Waals surface area contributed by atoms with Gasteiger partial charge in [0.2, 0.25) is 5.91 Å². The number of anilines is 1. The zero-order valence-corrected chi connectivity index (χ0v) is 17.1. The van der Waals surface area contributed by atoms with Gasteiger partial charge in [-0.2, -0.15) is 0 Å². The minimum atomic E-state index is -0.460. The summed E-state index contributed by atoms with van der Waals surface area (Å²) in [7, 11) is 0. The number of aryl methyl sites for hydroxylation is 1. The van der Waals surface area contributed by atoms with Crippen LogP contribution in [0.25, 0.3) is 0 Å². The van der Waals surface area contributed by atoms with Gasteiger partial charge in [-0.15, -0.1) is 0 Å². The highest BCUT2D eigenvalue weighted by molar-refractivity contribution is 6.31. The summed E-state index contributed by atoms with van der Waals surface area (Å²) >= 11 is 6.12. The number of halogens is 1. The van der Waals surface area contributed by atoms with Crippen LogP contribution in [0.4, 0.5) is 10.5 Å². The largest absolute Gasteiger partial charge is 0.352 e. The standard InChI is InChI=1S/C22H26ClN3O2/c1-16-8-9-18(14-19(16)23)25-21(28)26-12-10-22(2,11-13-26)20(27)24-15-17-6-4-3-5-7-17/h3-9,14H,10-13,15H2,1-2H3,(H,24,27)(H,25,28). The Labute approximate surface area is 171 Å². The molecule has 0 aromatic heterocycles. The van der Waals surface area contributed by atoms with Crippen molar-refractivity contribution in [3.8, 4) is 0 Å². The summed E-state index contributed by atoms with van der Waals surface area (Å²) in [4.78, 5) is 27.0. The Morgan fingerprint density at radius 3 is 2.43 bits per heavy atom. The molecule has 5 nitrogen and oxygen atoms in total. The first-order valence-corrected chi connectivity index (χ1v) is 9.89. The normalized spacial score (nSPS) is 15.8. The lowest BCUT2D eigenvalue weighted by molar-refractivity contribution is -0.132. The average molecular weight is 400 g/mol. The van der Waals surface area contributed by atoms with Crippen molar-refractivity contribution in [2.45, 2.75) is 33.2 Å². The molecule has 1 aliphatic heterocycles. The molecule has 0 bridgehead atoms. The Bertz CT molecular complexity index is 846. The summed E-state index contributed by atoms with van der Waals surface area (Å²) in [6.07, 6.45) is 1.27. The van der Waals surface area contributed by atoms with E-state index >= 15 is 0 Å². The molecule has 3 amide bonds. The van der Waals surface area contributed by atoms with Gasteiger partial charge in [0, 0.05) is 35.8 Å². The SMILES string of the molecule is Cc1ccc(NC(=O)N2CCC(C)(C(=O)NCc3ccccc3)CC2)cc1Cl. The van der Waals surface area contributed by atoms with E-state index in [1.54, 1.807) is 11.0 Å². The van der Waals surface area contributed by atoms with E-state index in [4.69, 9.17) is 11.6 Å². The maximum Gasteiger partial charge on any atom is 0.321 e. The topological polar surface area (TPSA) is 61.4 Å². The van der Waals surface area contributed by atoms with Gasteiger partial charge in [-0.05, 0) is 43.0 Å². The van der Waals surface area contributed by atoms with Crippen LogP contribution < -0.4 is 10.6 Å². The molecule has 0 radical (unpaired) electrons. The lowest BCUT2D eigenvalue weighted by atomic mass is 9.79. The van der Waals surface area contributed by atoms with Crippen molar-refractivity contribution in [2.75, 3.05) is 18.4 Å². The molecular weight excluding hydrogens is 374 g/mol. The number of rotatable bonds is 4. The molecule has 1 saturated heterocycles. The number of piperidine rings is 1. The molecule has 2 aromatic rings. The van der Waals surface area contributed by atoms with Gasteiger partial charge in [0.1, 0.15) is 0 Å². The first-order chi connectivity index (χ1) is 13.4. The maximum atomic E-state index is 12.7. The van der Waals surface area contributed by atoms with Crippen LogP contribution in [-0.4, -0.2) is 29.9 Å². The van der Waals surface area contributed by atoms with Crippen molar-refractivity contribution in [3.63, 3.8) is 0 Å². The van der Waals surface area contributed by atoms with Crippen molar-refractivity contribution in [2.24, 2.45) is 5.41 Å². The molecule has 28 heavy (non-hydrogen) atoms. The smallest absolute Gasteiger partial charge is 0.321 e. The summed E-state index contributed by atoms with van der Waals surface area (Å²) < 4.78 is 0. The molecule has 0 aliphatic carbocycles. The quantitative estimate of drug-likeness (QED) is 0.789. The molecule has 148 valence electrons. The fraction of sp³-hybridized carbons (Fsp3) is 0.364. The molecule has 2 N–H and O–H groups in total. The van der Waals surface area contributed by atoms with E-state index < -0.39 is 5.41 Å². The van der Waals surface area contributed by atoms with Crippen LogP contribution in [0.1, 0.15) is 30.9 Å². The van der Waals surface area contributed by atoms with Gasteiger partial charge in [0.05, 0.1) is 0 Å². The van der Waals surface area contributed by atoms with Crippen LogP contribution in [-0.2, 0) is 11.3 Å². The molecular formula is C22H26ClN3O2. The first kappa shape index (κ1) is 20.2. The molecule has 0 unspecified atom stereocenters. The minimum absolute atomic E-state index is 0.0433. The summed E-state index contributed by atoms with van der Waals surface area (Å²) in [5.74, 6) is 0.0433. The van der Waals surface area contributed by atoms with Crippen LogP contribution in [0, 0.1) is 12.3 Å². The van der Waals surface area contributed by atoms with Gasteiger partial charge >= 0.3 is 6.03 Å². The third-order valence-electron chi connectivity index (χ3n) is 5.42. The van der Waals surface area contributed by atoms with Gasteiger partial charge in [-0.25, -0.2) is 4.79 Å². The van der Waals surface area contributed by atoms with Gasteiger partial charge in [0.15, 0.2) is 0 Å². The molecule has 1 aliphatic rings. The Morgan fingerprint density at radius 2 is 1.79 bits per heavy atom. The predicted molar refractivity (Wildman–Crippen MR) is 112 cm³/mol. The summed E-state index contributed by atoms with van der Waals surface area (Å²) in [5.41, 5.74) is 2.26. The van der Waals surface area contributed by atoms with E-state index in [9.17, 15) is 9.59 Å². The van der Waals surface area contributed by atoms with Crippen molar-refractivity contribution >= 4 is 29.2 Å². The first-order valence-electron chi connectivity index (χ1n) is 9.52. The minimum Gasteiger partial charge on any atom is -0.352 e. The van der Waals surface area contributed by atoms with Crippen molar-refractivity contribution in [3.05, 3.63) is 64.7 Å². The van der Waals surface area contributed by atoms with Crippen LogP contribution in [0.5, 0.6) is 0 Å². The van der Waals surface area contributed by atoms with Crippen LogP contribution >= 0.6 is 11.6 Å². The number of carbonyl (C=O) groups is 2. The zero-order chi connectivity index (χ0) is 20.1. The van der Waals surface area contributed by atoms with Gasteiger partial charge in [-0.3, -0.25) is 4.79 Å². The predicted octanol–water partition coefficient (Wildman–Crippen LogP) is 4.60. The number of hydrogen-bond acceptors (Lipinski definition) is 2. The fourth-order valence-electron chi connectivity index (χ4n) is 3.30. The van der Waals surface area contributed by atoms with Crippen LogP contribution in [0.15, 0.2) is 48.5 Å². The highest BCUT2D eigenvalue weighted by atomic mass is 35.5. The summed E-state index contributed by atoms with van der Waals surface area (Å²) in [6.45, 7) is 5.50. The van der Waals surface area contributed by atoms with Gasteiger partial charge in [-0.1, -0.05) is 54.9 Å². The second-order valence-corrected chi connectivity index (χ2v) is 8.02. The van der Waals surface area contributed by atoms with E-state index in [0.717, 1.165) is 11.1 Å². The maximum absolute atomic E-state index is 12.7. The number of hydrogen-bond donors (Lipinski definition) is 2. The number of benzene rings is 2. The second-order valence-electron chi connectivity index (χ2n) is 7.61. The number of urea groups is 1. The van der Waals surface area contributed by atoms with Crippen molar-refractivity contribution in [1.29, 1.82) is 0 Å². The van der Waals surface area contributed by atoms with E-state index in [1.807, 2.05) is 56.3 Å².